The smallest absolute Gasteiger partial charge is 0.326 e. The standard InChI is InChI=1S/C10H16N2O5/c13-7-4-11(5-8(7)14)10(17)12-3-1-2-6(12)9(15)16/h6-8,13-14H,1-5H2,(H,15,16)/t6-,7?,8?/m0/s1. The number of hydrogen-bond acceptors (Lipinski definition) is 4. The van der Waals surface area contributed by atoms with E-state index in [-0.39, 0.29) is 13.1 Å². The zero-order valence-electron chi connectivity index (χ0n) is 9.32. The highest BCUT2D eigenvalue weighted by Crippen LogP contribution is 2.21. The van der Waals surface area contributed by atoms with Gasteiger partial charge in [0, 0.05) is 6.54 Å². The highest BCUT2D eigenvalue weighted by Gasteiger charge is 2.40. The van der Waals surface area contributed by atoms with Gasteiger partial charge >= 0.3 is 12.0 Å². The summed E-state index contributed by atoms with van der Waals surface area (Å²) in [6.07, 6.45) is -0.753. The molecule has 0 spiro atoms. The molecule has 2 unspecified atom stereocenters. The molecule has 3 N–H and O–H groups in total. The first-order chi connectivity index (χ1) is 8.00. The number of amides is 2. The van der Waals surface area contributed by atoms with Crippen molar-refractivity contribution in [3.05, 3.63) is 0 Å². The van der Waals surface area contributed by atoms with Crippen molar-refractivity contribution < 1.29 is 24.9 Å². The molecular formula is C10H16N2O5. The molecule has 0 aromatic carbocycles. The predicted molar refractivity (Wildman–Crippen MR) is 56.3 cm³/mol. The highest BCUT2D eigenvalue weighted by molar-refractivity contribution is 5.83. The molecule has 7 heteroatoms. The first kappa shape index (κ1) is 12.1. The second-order valence-electron chi connectivity index (χ2n) is 4.51. The van der Waals surface area contributed by atoms with Gasteiger partial charge < -0.3 is 25.1 Å². The normalized spacial score (nSPS) is 33.2. The zero-order valence-corrected chi connectivity index (χ0v) is 9.32. The minimum absolute atomic E-state index is 0.0584. The number of carbonyl (C=O) groups excluding carboxylic acids is 1. The Morgan fingerprint density at radius 3 is 2.24 bits per heavy atom. The molecule has 0 bridgehead atoms. The monoisotopic (exact) mass is 244 g/mol. The van der Waals surface area contributed by atoms with Gasteiger partial charge in [0.15, 0.2) is 0 Å². The summed E-state index contributed by atoms with van der Waals surface area (Å²) in [6, 6.07) is -1.19. The van der Waals surface area contributed by atoms with E-state index in [1.807, 2.05) is 0 Å². The van der Waals surface area contributed by atoms with Crippen LogP contribution < -0.4 is 0 Å². The lowest BCUT2D eigenvalue weighted by molar-refractivity contribution is -0.141. The Bertz CT molecular complexity index is 325. The zero-order chi connectivity index (χ0) is 12.6. The Kier molecular flexibility index (Phi) is 3.21. The molecule has 2 heterocycles. The number of hydrogen-bond donors (Lipinski definition) is 3. The molecule has 0 aliphatic carbocycles. The molecule has 2 amide bonds. The maximum Gasteiger partial charge on any atom is 0.326 e. The third kappa shape index (κ3) is 2.20. The molecule has 3 atom stereocenters. The van der Waals surface area contributed by atoms with Crippen LogP contribution in [-0.2, 0) is 4.79 Å². The second kappa shape index (κ2) is 4.50. The van der Waals surface area contributed by atoms with E-state index in [9.17, 15) is 19.8 Å². The molecule has 2 rings (SSSR count). The Hall–Kier alpha value is -1.34. The van der Waals surface area contributed by atoms with E-state index in [4.69, 9.17) is 5.11 Å². The van der Waals surface area contributed by atoms with Crippen LogP contribution in [0.2, 0.25) is 0 Å². The van der Waals surface area contributed by atoms with Crippen LogP contribution in [0, 0.1) is 0 Å². The molecular weight excluding hydrogens is 228 g/mol. The lowest BCUT2D eigenvalue weighted by Gasteiger charge is -2.27. The van der Waals surface area contributed by atoms with Crippen LogP contribution in [0.4, 0.5) is 4.79 Å². The lowest BCUT2D eigenvalue weighted by atomic mass is 10.2. The first-order valence-electron chi connectivity index (χ1n) is 5.65. The van der Waals surface area contributed by atoms with Crippen LogP contribution in [-0.4, -0.2) is 75.0 Å². The van der Waals surface area contributed by atoms with Crippen LogP contribution in [0.25, 0.3) is 0 Å². The van der Waals surface area contributed by atoms with Gasteiger partial charge in [0.1, 0.15) is 6.04 Å². The SMILES string of the molecule is O=C(O)[C@@H]1CCCN1C(=O)N1CC(O)C(O)C1. The largest absolute Gasteiger partial charge is 0.480 e. The average Bonchev–Trinajstić information content (AvgIpc) is 2.85. The van der Waals surface area contributed by atoms with Crippen molar-refractivity contribution >= 4 is 12.0 Å². The molecule has 17 heavy (non-hydrogen) atoms. The molecule has 7 nitrogen and oxygen atoms in total. The third-order valence-electron chi connectivity index (χ3n) is 3.31. The van der Waals surface area contributed by atoms with Crippen molar-refractivity contribution in [1.82, 2.24) is 9.80 Å². The molecule has 2 saturated heterocycles. The van der Waals surface area contributed by atoms with Gasteiger partial charge in [-0.1, -0.05) is 0 Å². The Morgan fingerprint density at radius 2 is 1.71 bits per heavy atom. The molecule has 96 valence electrons. The number of carboxylic acid groups (broad SMARTS) is 1. The van der Waals surface area contributed by atoms with E-state index in [1.54, 1.807) is 0 Å². The number of nitrogens with zero attached hydrogens (tertiary/aromatic N) is 2. The minimum atomic E-state index is -1.00. The summed E-state index contributed by atoms with van der Waals surface area (Å²) in [5.74, 6) is -1.00. The van der Waals surface area contributed by atoms with Gasteiger partial charge in [0.25, 0.3) is 0 Å². The minimum Gasteiger partial charge on any atom is -0.480 e. The van der Waals surface area contributed by atoms with Gasteiger partial charge in [-0.05, 0) is 12.8 Å². The molecule has 2 fully saturated rings. The number of aliphatic hydroxyl groups is 2. The number of urea groups is 1. The van der Waals surface area contributed by atoms with Crippen LogP contribution in [0.5, 0.6) is 0 Å². The van der Waals surface area contributed by atoms with E-state index >= 15 is 0 Å². The molecule has 0 aromatic heterocycles. The lowest BCUT2D eigenvalue weighted by Crippen LogP contribution is -2.47. The van der Waals surface area contributed by atoms with E-state index in [0.717, 1.165) is 0 Å². The van der Waals surface area contributed by atoms with Crippen LogP contribution in [0.3, 0.4) is 0 Å². The number of carboxylic acids is 1. The van der Waals surface area contributed by atoms with Gasteiger partial charge in [0.2, 0.25) is 0 Å². The summed E-state index contributed by atoms with van der Waals surface area (Å²) in [5, 5.41) is 27.7. The quantitative estimate of drug-likeness (QED) is 0.532. The number of carbonyl (C=O) groups is 2. The maximum atomic E-state index is 12.0. The Morgan fingerprint density at radius 1 is 1.12 bits per heavy atom. The second-order valence-corrected chi connectivity index (χ2v) is 4.51. The van der Waals surface area contributed by atoms with Crippen LogP contribution in [0.1, 0.15) is 12.8 Å². The molecule has 0 radical (unpaired) electrons. The summed E-state index contributed by atoms with van der Waals surface area (Å²) in [5.41, 5.74) is 0. The Balaban J connectivity index is 2.03. The van der Waals surface area contributed by atoms with E-state index in [0.29, 0.717) is 19.4 Å². The number of aliphatic carboxylic acids is 1. The first-order valence-corrected chi connectivity index (χ1v) is 5.65. The van der Waals surface area contributed by atoms with Gasteiger partial charge in [-0.25, -0.2) is 9.59 Å². The van der Waals surface area contributed by atoms with Gasteiger partial charge in [-0.15, -0.1) is 0 Å². The number of aliphatic hydroxyl groups excluding tert-OH is 2. The fraction of sp³-hybridized carbons (Fsp3) is 0.800. The van der Waals surface area contributed by atoms with Crippen molar-refractivity contribution in [2.75, 3.05) is 19.6 Å². The third-order valence-corrected chi connectivity index (χ3v) is 3.31. The molecule has 0 aromatic rings. The highest BCUT2D eigenvalue weighted by atomic mass is 16.4. The molecule has 0 saturated carbocycles. The summed E-state index contributed by atoms with van der Waals surface area (Å²) in [6.45, 7) is 0.532. The van der Waals surface area contributed by atoms with Gasteiger partial charge in [-0.3, -0.25) is 0 Å². The predicted octanol–water partition coefficient (Wildman–Crippen LogP) is -1.31. The van der Waals surface area contributed by atoms with Crippen molar-refractivity contribution in [3.63, 3.8) is 0 Å². The van der Waals surface area contributed by atoms with Crippen LogP contribution in [0.15, 0.2) is 0 Å². The van der Waals surface area contributed by atoms with Crippen molar-refractivity contribution in [3.8, 4) is 0 Å². The van der Waals surface area contributed by atoms with Gasteiger partial charge in [0.05, 0.1) is 25.3 Å². The van der Waals surface area contributed by atoms with E-state index in [1.165, 1.54) is 9.80 Å². The fourth-order valence-electron chi connectivity index (χ4n) is 2.36. The number of β-amino-alcohol motifs (C(OH)–C–C–N with tert-alkyl or cyclic N) is 2. The van der Waals surface area contributed by atoms with E-state index in [2.05, 4.69) is 0 Å². The number of rotatable bonds is 1. The van der Waals surface area contributed by atoms with Crippen molar-refractivity contribution in [1.29, 1.82) is 0 Å². The Labute approximate surface area is 98.2 Å². The molecule has 2 aliphatic rings. The summed E-state index contributed by atoms with van der Waals surface area (Å²) < 4.78 is 0. The van der Waals surface area contributed by atoms with E-state index < -0.39 is 30.3 Å². The topological polar surface area (TPSA) is 101 Å². The van der Waals surface area contributed by atoms with Crippen molar-refractivity contribution in [2.45, 2.75) is 31.1 Å². The van der Waals surface area contributed by atoms with Crippen molar-refractivity contribution in [2.24, 2.45) is 0 Å². The van der Waals surface area contributed by atoms with Gasteiger partial charge in [-0.2, -0.15) is 0 Å². The summed E-state index contributed by atoms with van der Waals surface area (Å²) >= 11 is 0. The fourth-order valence-corrected chi connectivity index (χ4v) is 2.36. The van der Waals surface area contributed by atoms with Crippen LogP contribution >= 0.6 is 0 Å². The summed E-state index contributed by atoms with van der Waals surface area (Å²) in [4.78, 5) is 25.6. The average molecular weight is 244 g/mol. The number of likely N-dealkylation sites (tertiary alicyclic amines) is 2. The molecule has 2 aliphatic heterocycles. The maximum absolute atomic E-state index is 12.0. The summed E-state index contributed by atoms with van der Waals surface area (Å²) in [7, 11) is 0.